The second-order valence-electron chi connectivity index (χ2n) is 7.53. The molecule has 4 heterocycles. The molecular formula is C22H23ClFN5O2. The summed E-state index contributed by atoms with van der Waals surface area (Å²) in [6, 6.07) is 14.1. The largest absolute Gasteiger partial charge is 1.00 e. The number of piperazine rings is 1. The van der Waals surface area contributed by atoms with Gasteiger partial charge in [0, 0.05) is 12.3 Å². The van der Waals surface area contributed by atoms with Gasteiger partial charge in [0.1, 0.15) is 24.5 Å². The van der Waals surface area contributed by atoms with E-state index < -0.39 is 0 Å². The van der Waals surface area contributed by atoms with E-state index >= 15 is 0 Å². The van der Waals surface area contributed by atoms with Crippen molar-refractivity contribution in [1.82, 2.24) is 14.4 Å². The number of aromatic amines is 1. The van der Waals surface area contributed by atoms with E-state index in [1.807, 2.05) is 30.5 Å². The zero-order chi connectivity index (χ0) is 20.5. The Bertz CT molecular complexity index is 1250. The van der Waals surface area contributed by atoms with Gasteiger partial charge in [0.15, 0.2) is 5.65 Å². The highest BCUT2D eigenvalue weighted by atomic mass is 35.5. The lowest BCUT2D eigenvalue weighted by Crippen LogP contribution is -3.15. The lowest BCUT2D eigenvalue weighted by atomic mass is 10.2. The Morgan fingerprint density at radius 1 is 1.10 bits per heavy atom. The summed E-state index contributed by atoms with van der Waals surface area (Å²) in [4.78, 5) is 23.0. The Hall–Kier alpha value is -3.10. The quantitative estimate of drug-likeness (QED) is 0.378. The summed E-state index contributed by atoms with van der Waals surface area (Å²) >= 11 is 0. The predicted octanol–water partition coefficient (Wildman–Crippen LogP) is -1.90. The topological polar surface area (TPSA) is 67.1 Å². The van der Waals surface area contributed by atoms with Gasteiger partial charge in [-0.2, -0.15) is 4.98 Å². The molecule has 4 aromatic rings. The van der Waals surface area contributed by atoms with Gasteiger partial charge in [-0.3, -0.25) is 9.20 Å². The molecule has 0 unspecified atom stereocenters. The van der Waals surface area contributed by atoms with Gasteiger partial charge >= 0.3 is 0 Å². The number of hydrogen-bond acceptors (Lipinski definition) is 4. The van der Waals surface area contributed by atoms with Gasteiger partial charge in [-0.15, -0.1) is 0 Å². The van der Waals surface area contributed by atoms with E-state index in [4.69, 9.17) is 4.74 Å². The molecule has 1 fully saturated rings. The number of quaternary nitrogens is 1. The number of ether oxygens (including phenoxy) is 1. The predicted molar refractivity (Wildman–Crippen MR) is 113 cm³/mol. The molecule has 0 amide bonds. The molecule has 162 valence electrons. The SMILES string of the molecule is O=c1[nH]c2ccc(OCC[NH+]3CCN(c4ccccc4F)CC3)nc2n2cccc12.[Cl-]. The van der Waals surface area contributed by atoms with Crippen LogP contribution in [0.15, 0.2) is 59.5 Å². The third kappa shape index (κ3) is 4.22. The number of benzene rings is 1. The van der Waals surface area contributed by atoms with E-state index in [1.54, 1.807) is 22.6 Å². The molecule has 0 atom stereocenters. The van der Waals surface area contributed by atoms with Crippen LogP contribution in [0.3, 0.4) is 0 Å². The van der Waals surface area contributed by atoms with Crippen LogP contribution in [0.2, 0.25) is 0 Å². The Morgan fingerprint density at radius 2 is 1.90 bits per heavy atom. The number of halogens is 2. The maximum Gasteiger partial charge on any atom is 0.272 e. The average molecular weight is 444 g/mol. The Balaban J connectivity index is 0.00000231. The van der Waals surface area contributed by atoms with Crippen molar-refractivity contribution in [3.8, 4) is 5.88 Å². The van der Waals surface area contributed by atoms with Crippen molar-refractivity contribution >= 4 is 22.4 Å². The van der Waals surface area contributed by atoms with Crippen LogP contribution >= 0.6 is 0 Å². The van der Waals surface area contributed by atoms with Crippen LogP contribution in [0.25, 0.3) is 16.7 Å². The van der Waals surface area contributed by atoms with Gasteiger partial charge < -0.3 is 31.9 Å². The van der Waals surface area contributed by atoms with Crippen LogP contribution in [-0.2, 0) is 0 Å². The van der Waals surface area contributed by atoms with Crippen molar-refractivity contribution in [1.29, 1.82) is 0 Å². The molecule has 1 aliphatic heterocycles. The first kappa shape index (κ1) is 21.1. The summed E-state index contributed by atoms with van der Waals surface area (Å²) in [5.41, 5.74) is 2.44. The summed E-state index contributed by atoms with van der Waals surface area (Å²) in [6.07, 6.45) is 1.82. The highest BCUT2D eigenvalue weighted by Crippen LogP contribution is 2.18. The molecule has 0 radical (unpaired) electrons. The van der Waals surface area contributed by atoms with Crippen molar-refractivity contribution in [3.63, 3.8) is 0 Å². The van der Waals surface area contributed by atoms with Gasteiger partial charge in [0.05, 0.1) is 37.4 Å². The minimum absolute atomic E-state index is 0. The lowest BCUT2D eigenvalue weighted by Gasteiger charge is -2.33. The molecule has 3 aromatic heterocycles. The number of nitrogens with zero attached hydrogens (tertiary/aromatic N) is 3. The van der Waals surface area contributed by atoms with Crippen LogP contribution in [0.4, 0.5) is 10.1 Å². The van der Waals surface area contributed by atoms with Crippen molar-refractivity contribution in [3.05, 3.63) is 70.9 Å². The second-order valence-corrected chi connectivity index (χ2v) is 7.53. The average Bonchev–Trinajstić information content (AvgIpc) is 3.26. The number of hydrogen-bond donors (Lipinski definition) is 2. The first-order valence-corrected chi connectivity index (χ1v) is 10.1. The molecule has 0 aliphatic carbocycles. The molecule has 5 rings (SSSR count). The summed E-state index contributed by atoms with van der Waals surface area (Å²) in [5, 5.41) is 0. The molecule has 1 aromatic carbocycles. The monoisotopic (exact) mass is 443 g/mol. The van der Waals surface area contributed by atoms with Crippen LogP contribution in [0.1, 0.15) is 0 Å². The zero-order valence-electron chi connectivity index (χ0n) is 16.9. The van der Waals surface area contributed by atoms with Gasteiger partial charge in [-0.25, -0.2) is 4.39 Å². The first-order valence-electron chi connectivity index (χ1n) is 10.1. The van der Waals surface area contributed by atoms with Crippen molar-refractivity contribution in [2.45, 2.75) is 0 Å². The van der Waals surface area contributed by atoms with E-state index in [0.29, 0.717) is 34.9 Å². The second kappa shape index (κ2) is 8.95. The smallest absolute Gasteiger partial charge is 0.272 e. The van der Waals surface area contributed by atoms with Crippen LogP contribution in [0, 0.1) is 5.82 Å². The maximum absolute atomic E-state index is 14.0. The fourth-order valence-corrected chi connectivity index (χ4v) is 4.05. The number of fused-ring (bicyclic) bond motifs is 3. The number of para-hydroxylation sites is 1. The number of nitrogens with one attached hydrogen (secondary N) is 2. The summed E-state index contributed by atoms with van der Waals surface area (Å²) in [5.74, 6) is 0.374. The lowest BCUT2D eigenvalue weighted by molar-refractivity contribution is -0.900. The third-order valence-electron chi connectivity index (χ3n) is 5.68. The van der Waals surface area contributed by atoms with Crippen LogP contribution < -0.4 is 32.5 Å². The number of rotatable bonds is 5. The molecule has 31 heavy (non-hydrogen) atoms. The highest BCUT2D eigenvalue weighted by molar-refractivity contribution is 5.74. The minimum atomic E-state index is -0.162. The highest BCUT2D eigenvalue weighted by Gasteiger charge is 2.21. The molecule has 0 spiro atoms. The molecule has 2 N–H and O–H groups in total. The van der Waals surface area contributed by atoms with Gasteiger partial charge in [-0.05, 0) is 30.3 Å². The number of aromatic nitrogens is 3. The molecule has 9 heteroatoms. The molecular weight excluding hydrogens is 421 g/mol. The van der Waals surface area contributed by atoms with Gasteiger partial charge in [-0.1, -0.05) is 12.1 Å². The molecule has 7 nitrogen and oxygen atoms in total. The Kier molecular flexibility index (Phi) is 6.11. The molecule has 1 saturated heterocycles. The zero-order valence-corrected chi connectivity index (χ0v) is 17.6. The van der Waals surface area contributed by atoms with E-state index in [2.05, 4.69) is 14.9 Å². The fourth-order valence-electron chi connectivity index (χ4n) is 4.05. The maximum atomic E-state index is 14.0. The summed E-state index contributed by atoms with van der Waals surface area (Å²) < 4.78 is 21.6. The first-order chi connectivity index (χ1) is 14.7. The normalized spacial score (nSPS) is 14.7. The van der Waals surface area contributed by atoms with Gasteiger partial charge in [0.25, 0.3) is 5.56 Å². The van der Waals surface area contributed by atoms with E-state index in [9.17, 15) is 9.18 Å². The molecule has 0 bridgehead atoms. The standard InChI is InChI=1S/C22H22FN5O2.ClH/c23-16-4-1-2-5-18(16)27-12-10-26(11-13-27)14-15-30-20-8-7-17-21(25-20)28-9-3-6-19(28)22(29)24-17;/h1-9H,10-15H2,(H,24,29);1H. The molecule has 1 aliphatic rings. The minimum Gasteiger partial charge on any atom is -1.00 e. The number of pyridine rings is 1. The van der Waals surface area contributed by atoms with E-state index in [-0.39, 0.29) is 23.8 Å². The third-order valence-corrected chi connectivity index (χ3v) is 5.68. The Labute approximate surface area is 184 Å². The Morgan fingerprint density at radius 3 is 2.71 bits per heavy atom. The molecule has 0 saturated carbocycles. The van der Waals surface area contributed by atoms with Crippen LogP contribution in [0.5, 0.6) is 5.88 Å². The van der Waals surface area contributed by atoms with E-state index in [1.165, 1.54) is 11.0 Å². The van der Waals surface area contributed by atoms with Crippen molar-refractivity contribution in [2.24, 2.45) is 0 Å². The van der Waals surface area contributed by atoms with Gasteiger partial charge in [0.2, 0.25) is 5.88 Å². The fraction of sp³-hybridized carbons (Fsp3) is 0.273. The summed E-state index contributed by atoms with van der Waals surface area (Å²) in [6.45, 7) is 4.93. The van der Waals surface area contributed by atoms with Crippen molar-refractivity contribution in [2.75, 3.05) is 44.2 Å². The summed E-state index contributed by atoms with van der Waals surface area (Å²) in [7, 11) is 0. The van der Waals surface area contributed by atoms with Crippen LogP contribution in [-0.4, -0.2) is 53.7 Å². The number of H-pyrrole nitrogens is 1. The van der Waals surface area contributed by atoms with E-state index in [0.717, 1.165) is 32.7 Å². The van der Waals surface area contributed by atoms with Crippen molar-refractivity contribution < 1.29 is 26.4 Å². The number of anilines is 1.